The third kappa shape index (κ3) is 4.95. The molecule has 0 unspecified atom stereocenters. The van der Waals surface area contributed by atoms with Gasteiger partial charge >= 0.3 is 0 Å². The highest BCUT2D eigenvalue weighted by molar-refractivity contribution is 7.89. The number of carbonyl (C=O) groups excluding carboxylic acids is 2. The van der Waals surface area contributed by atoms with E-state index >= 15 is 0 Å². The first-order valence-electron chi connectivity index (χ1n) is 12.0. The van der Waals surface area contributed by atoms with Gasteiger partial charge in [0.2, 0.25) is 15.9 Å². The molecule has 5 rings (SSSR count). The second kappa shape index (κ2) is 9.96. The number of carbonyl (C=O) groups is 2. The highest BCUT2D eigenvalue weighted by Crippen LogP contribution is 2.29. The van der Waals surface area contributed by atoms with Gasteiger partial charge in [-0.1, -0.05) is 18.2 Å². The number of rotatable bonds is 6. The molecule has 2 aromatic carbocycles. The van der Waals surface area contributed by atoms with Crippen LogP contribution in [0.2, 0.25) is 0 Å². The molecular weight excluding hydrogens is 494 g/mol. The highest BCUT2D eigenvalue weighted by Gasteiger charge is 2.32. The number of aromatic amines is 1. The van der Waals surface area contributed by atoms with Gasteiger partial charge in [-0.2, -0.15) is 9.40 Å². The van der Waals surface area contributed by atoms with Crippen molar-refractivity contribution in [3.8, 4) is 0 Å². The number of benzene rings is 2. The van der Waals surface area contributed by atoms with Crippen LogP contribution in [0.25, 0.3) is 0 Å². The number of hydrogen-bond acceptors (Lipinski definition) is 7. The Bertz CT molecular complexity index is 1430. The molecule has 0 bridgehead atoms. The first-order valence-corrected chi connectivity index (χ1v) is 13.5. The molecule has 0 radical (unpaired) electrons. The zero-order valence-electron chi connectivity index (χ0n) is 20.5. The summed E-state index contributed by atoms with van der Waals surface area (Å²) in [6.07, 6.45) is 0.427. The molecule has 0 atom stereocenters. The van der Waals surface area contributed by atoms with Crippen molar-refractivity contribution in [2.75, 3.05) is 50.0 Å². The van der Waals surface area contributed by atoms with Crippen LogP contribution in [0.15, 0.2) is 53.4 Å². The van der Waals surface area contributed by atoms with Crippen LogP contribution < -0.4 is 16.0 Å². The Morgan fingerprint density at radius 1 is 1.00 bits per heavy atom. The summed E-state index contributed by atoms with van der Waals surface area (Å²) in [6.45, 7) is 3.76. The third-order valence-corrected chi connectivity index (χ3v) is 8.75. The van der Waals surface area contributed by atoms with Crippen molar-refractivity contribution in [3.63, 3.8) is 0 Å². The lowest BCUT2D eigenvalue weighted by atomic mass is 10.0. The maximum atomic E-state index is 13.2. The number of likely N-dealkylation sites (N-methyl/N-ethyl adjacent to an activating group) is 1. The summed E-state index contributed by atoms with van der Waals surface area (Å²) in [5.41, 5.74) is 8.07. The maximum absolute atomic E-state index is 13.2. The van der Waals surface area contributed by atoms with Crippen molar-refractivity contribution >= 4 is 33.3 Å². The molecule has 1 aromatic heterocycles. The predicted octanol–water partition coefficient (Wildman–Crippen LogP) is 1.26. The number of nitrogens with two attached hydrogens (primary N) is 1. The van der Waals surface area contributed by atoms with E-state index in [1.165, 1.54) is 4.31 Å². The van der Waals surface area contributed by atoms with Crippen molar-refractivity contribution in [2.45, 2.75) is 17.9 Å². The van der Waals surface area contributed by atoms with Gasteiger partial charge in [-0.15, -0.1) is 0 Å². The van der Waals surface area contributed by atoms with E-state index in [-0.39, 0.29) is 28.4 Å². The maximum Gasteiger partial charge on any atom is 0.257 e. The average molecular weight is 524 g/mol. The number of primary amides is 1. The van der Waals surface area contributed by atoms with Gasteiger partial charge in [0.15, 0.2) is 5.82 Å². The van der Waals surface area contributed by atoms with Crippen molar-refractivity contribution in [3.05, 3.63) is 70.9 Å². The molecule has 3 aromatic rings. The lowest BCUT2D eigenvalue weighted by molar-refractivity contribution is 0.0977. The monoisotopic (exact) mass is 523 g/mol. The number of aromatic nitrogens is 2. The van der Waals surface area contributed by atoms with Gasteiger partial charge in [0.1, 0.15) is 0 Å². The van der Waals surface area contributed by atoms with Gasteiger partial charge in [0, 0.05) is 62.6 Å². The second-order valence-electron chi connectivity index (χ2n) is 9.27. The molecule has 37 heavy (non-hydrogen) atoms. The number of sulfonamides is 1. The summed E-state index contributed by atoms with van der Waals surface area (Å²) < 4.78 is 27.6. The Morgan fingerprint density at radius 2 is 1.73 bits per heavy atom. The number of piperazine rings is 1. The van der Waals surface area contributed by atoms with Gasteiger partial charge in [0.05, 0.1) is 16.0 Å². The Balaban J connectivity index is 1.37. The molecular formula is C25H29N7O4S. The smallest absolute Gasteiger partial charge is 0.257 e. The number of anilines is 2. The van der Waals surface area contributed by atoms with Crippen LogP contribution in [0.4, 0.5) is 11.5 Å². The molecule has 0 saturated carbocycles. The predicted molar refractivity (Wildman–Crippen MR) is 139 cm³/mol. The fraction of sp³-hybridized carbons (Fsp3) is 0.320. The summed E-state index contributed by atoms with van der Waals surface area (Å²) in [7, 11) is -1.65. The molecule has 12 heteroatoms. The third-order valence-electron chi connectivity index (χ3n) is 6.89. The molecule has 11 nitrogen and oxygen atoms in total. The lowest BCUT2D eigenvalue weighted by Crippen LogP contribution is -2.44. The molecule has 0 spiro atoms. The minimum Gasteiger partial charge on any atom is -0.369 e. The van der Waals surface area contributed by atoms with E-state index < -0.39 is 21.8 Å². The minimum atomic E-state index is -3.71. The summed E-state index contributed by atoms with van der Waals surface area (Å²) in [5.74, 6) is -1.02. The largest absolute Gasteiger partial charge is 0.369 e. The number of nitrogens with one attached hydrogen (secondary N) is 2. The molecule has 3 heterocycles. The van der Waals surface area contributed by atoms with E-state index in [1.807, 2.05) is 0 Å². The van der Waals surface area contributed by atoms with Gasteiger partial charge in [0.25, 0.3) is 5.91 Å². The average Bonchev–Trinajstić information content (AvgIpc) is 3.31. The van der Waals surface area contributed by atoms with Crippen LogP contribution in [0.1, 0.15) is 32.0 Å². The fourth-order valence-electron chi connectivity index (χ4n) is 4.69. The highest BCUT2D eigenvalue weighted by atomic mass is 32.2. The SMILES string of the molecule is CN1CCN(c2ccc(C(=O)Nc3n[nH]c4c3CN(S(=O)(=O)c3ccccc3)CC4)c(C(N)=O)c2)CC1. The van der Waals surface area contributed by atoms with Crippen molar-refractivity contribution in [2.24, 2.45) is 5.73 Å². The molecule has 1 saturated heterocycles. The van der Waals surface area contributed by atoms with Crippen LogP contribution in [-0.2, 0) is 23.0 Å². The van der Waals surface area contributed by atoms with E-state index in [4.69, 9.17) is 5.73 Å². The molecule has 2 aliphatic rings. The number of amides is 2. The number of hydrogen-bond donors (Lipinski definition) is 3. The van der Waals surface area contributed by atoms with Gasteiger partial charge in [-0.25, -0.2) is 8.42 Å². The van der Waals surface area contributed by atoms with Crippen molar-refractivity contribution < 1.29 is 18.0 Å². The number of H-pyrrole nitrogens is 1. The normalized spacial score (nSPS) is 16.8. The fourth-order valence-corrected chi connectivity index (χ4v) is 6.12. The van der Waals surface area contributed by atoms with Crippen LogP contribution in [-0.4, -0.2) is 79.4 Å². The zero-order chi connectivity index (χ0) is 26.2. The minimum absolute atomic E-state index is 0.0592. The summed E-state index contributed by atoms with van der Waals surface area (Å²) in [5, 5.41) is 9.86. The summed E-state index contributed by atoms with van der Waals surface area (Å²) in [4.78, 5) is 30.1. The van der Waals surface area contributed by atoms with Crippen LogP contribution in [0.5, 0.6) is 0 Å². The zero-order valence-corrected chi connectivity index (χ0v) is 21.3. The summed E-state index contributed by atoms with van der Waals surface area (Å²) in [6, 6.07) is 13.3. The molecule has 2 amide bonds. The molecule has 4 N–H and O–H groups in total. The first-order chi connectivity index (χ1) is 17.7. The van der Waals surface area contributed by atoms with Gasteiger partial charge in [-0.05, 0) is 37.4 Å². The topological polar surface area (TPSA) is 145 Å². The number of nitrogens with zero attached hydrogens (tertiary/aromatic N) is 4. The van der Waals surface area contributed by atoms with Crippen molar-refractivity contribution in [1.29, 1.82) is 0 Å². The molecule has 194 valence electrons. The van der Waals surface area contributed by atoms with E-state index in [9.17, 15) is 18.0 Å². The van der Waals surface area contributed by atoms with E-state index in [2.05, 4.69) is 32.4 Å². The quantitative estimate of drug-likeness (QED) is 0.441. The van der Waals surface area contributed by atoms with E-state index in [1.54, 1.807) is 48.5 Å². The Labute approximate surface area is 215 Å². The second-order valence-corrected chi connectivity index (χ2v) is 11.2. The van der Waals surface area contributed by atoms with Crippen molar-refractivity contribution in [1.82, 2.24) is 19.4 Å². The van der Waals surface area contributed by atoms with Crippen LogP contribution in [0, 0.1) is 0 Å². The molecule has 1 fully saturated rings. The first kappa shape index (κ1) is 24.9. The van der Waals surface area contributed by atoms with Gasteiger partial charge < -0.3 is 20.9 Å². The molecule has 0 aliphatic carbocycles. The Morgan fingerprint density at radius 3 is 2.43 bits per heavy atom. The van der Waals surface area contributed by atoms with Crippen LogP contribution in [0.3, 0.4) is 0 Å². The summed E-state index contributed by atoms with van der Waals surface area (Å²) >= 11 is 0. The standard InChI is InChI=1S/C25H29N7O4S/c1-30-11-13-31(14-12-30)17-7-8-19(20(15-17)23(26)33)25(34)27-24-21-16-32(10-9-22(21)28-29-24)37(35,36)18-5-3-2-4-6-18/h2-8,15H,9-14,16H2,1H3,(H2,26,33)(H2,27,28,29,34). The van der Waals surface area contributed by atoms with E-state index in [0.717, 1.165) is 37.6 Å². The van der Waals surface area contributed by atoms with Gasteiger partial charge in [-0.3, -0.25) is 14.7 Å². The Hall–Kier alpha value is -3.74. The van der Waals surface area contributed by atoms with E-state index in [0.29, 0.717) is 18.5 Å². The number of fused-ring (bicyclic) bond motifs is 1. The Kier molecular flexibility index (Phi) is 6.71. The molecule has 2 aliphatic heterocycles. The lowest BCUT2D eigenvalue weighted by Gasteiger charge is -2.34. The van der Waals surface area contributed by atoms with Crippen LogP contribution >= 0.6 is 0 Å².